The molecular weight excluding hydrogens is 378 g/mol. The number of amides is 1. The van der Waals surface area contributed by atoms with Crippen LogP contribution >= 0.6 is 0 Å². The first-order valence-corrected chi connectivity index (χ1v) is 10.4. The van der Waals surface area contributed by atoms with Crippen LogP contribution in [0.15, 0.2) is 54.7 Å². The molecule has 1 aromatic heterocycles. The van der Waals surface area contributed by atoms with Crippen molar-refractivity contribution in [3.63, 3.8) is 0 Å². The molecule has 6 nitrogen and oxygen atoms in total. The van der Waals surface area contributed by atoms with Gasteiger partial charge in [-0.05, 0) is 55.3 Å². The zero-order chi connectivity index (χ0) is 21.1. The number of para-hydroxylation sites is 1. The van der Waals surface area contributed by atoms with Gasteiger partial charge in [-0.2, -0.15) is 0 Å². The number of carbonyl (C=O) groups excluding carboxylic acids is 1. The first-order valence-electron chi connectivity index (χ1n) is 10.4. The Morgan fingerprint density at radius 3 is 2.63 bits per heavy atom. The Labute approximate surface area is 176 Å². The summed E-state index contributed by atoms with van der Waals surface area (Å²) in [6.07, 6.45) is 3.73. The number of anilines is 1. The highest BCUT2D eigenvalue weighted by Gasteiger charge is 2.24. The molecule has 0 bridgehead atoms. The topological polar surface area (TPSA) is 74.6 Å². The molecule has 156 valence electrons. The van der Waals surface area contributed by atoms with E-state index < -0.39 is 5.97 Å². The normalized spacial score (nSPS) is 15.4. The van der Waals surface area contributed by atoms with E-state index in [-0.39, 0.29) is 11.8 Å². The SMILES string of the molecule is Cn1cc(CC(=O)Nc2cccc(CN3CCC(C(=O)O)CC3)c2)c2ccccc21. The number of piperidine rings is 1. The van der Waals surface area contributed by atoms with Gasteiger partial charge in [-0.1, -0.05) is 30.3 Å². The number of carboxylic acid groups (broad SMARTS) is 1. The standard InChI is InChI=1S/C24H27N3O3/c1-26-16-19(21-7-2-3-8-22(21)26)14-23(28)25-20-6-4-5-17(13-20)15-27-11-9-18(10-12-27)24(29)30/h2-8,13,16,18H,9-12,14-15H2,1H3,(H,25,28)(H,29,30). The highest BCUT2D eigenvalue weighted by molar-refractivity contribution is 5.96. The predicted molar refractivity (Wildman–Crippen MR) is 117 cm³/mol. The molecule has 1 aliphatic rings. The first-order chi connectivity index (χ1) is 14.5. The minimum atomic E-state index is -0.689. The van der Waals surface area contributed by atoms with Gasteiger partial charge in [0.2, 0.25) is 5.91 Å². The maximum absolute atomic E-state index is 12.6. The minimum Gasteiger partial charge on any atom is -0.481 e. The molecule has 0 aliphatic carbocycles. The van der Waals surface area contributed by atoms with Crippen LogP contribution in [0, 0.1) is 5.92 Å². The van der Waals surface area contributed by atoms with Crippen LogP contribution in [-0.4, -0.2) is 39.5 Å². The van der Waals surface area contributed by atoms with Crippen LogP contribution in [0.1, 0.15) is 24.0 Å². The molecule has 1 fully saturated rings. The number of carboxylic acids is 1. The van der Waals surface area contributed by atoms with Crippen LogP contribution in [-0.2, 0) is 29.6 Å². The maximum Gasteiger partial charge on any atom is 0.306 e. The third-order valence-electron chi connectivity index (χ3n) is 5.88. The second-order valence-electron chi connectivity index (χ2n) is 8.10. The maximum atomic E-state index is 12.6. The van der Waals surface area contributed by atoms with E-state index in [0.717, 1.165) is 47.4 Å². The molecule has 2 N–H and O–H groups in total. The van der Waals surface area contributed by atoms with E-state index in [4.69, 9.17) is 5.11 Å². The van der Waals surface area contributed by atoms with Gasteiger partial charge in [-0.3, -0.25) is 14.5 Å². The van der Waals surface area contributed by atoms with Crippen molar-refractivity contribution in [1.29, 1.82) is 0 Å². The van der Waals surface area contributed by atoms with Crippen molar-refractivity contribution in [3.05, 3.63) is 65.9 Å². The number of aromatic nitrogens is 1. The fraction of sp³-hybridized carbons (Fsp3) is 0.333. The fourth-order valence-electron chi connectivity index (χ4n) is 4.29. The van der Waals surface area contributed by atoms with Crippen molar-refractivity contribution < 1.29 is 14.7 Å². The van der Waals surface area contributed by atoms with Crippen LogP contribution in [0.2, 0.25) is 0 Å². The quantitative estimate of drug-likeness (QED) is 0.656. The number of fused-ring (bicyclic) bond motifs is 1. The third kappa shape index (κ3) is 4.54. The number of nitrogens with zero attached hydrogens (tertiary/aromatic N) is 2. The van der Waals surface area contributed by atoms with Crippen LogP contribution in [0.5, 0.6) is 0 Å². The average molecular weight is 405 g/mol. The lowest BCUT2D eigenvalue weighted by Crippen LogP contribution is -2.35. The lowest BCUT2D eigenvalue weighted by Gasteiger charge is -2.30. The zero-order valence-electron chi connectivity index (χ0n) is 17.2. The molecule has 4 rings (SSSR count). The van der Waals surface area contributed by atoms with E-state index in [1.165, 1.54) is 0 Å². The molecule has 1 amide bonds. The monoisotopic (exact) mass is 405 g/mol. The summed E-state index contributed by atoms with van der Waals surface area (Å²) in [7, 11) is 1.99. The highest BCUT2D eigenvalue weighted by Crippen LogP contribution is 2.22. The van der Waals surface area contributed by atoms with Crippen molar-refractivity contribution >= 4 is 28.5 Å². The van der Waals surface area contributed by atoms with E-state index in [2.05, 4.69) is 16.3 Å². The minimum absolute atomic E-state index is 0.0363. The fourth-order valence-corrected chi connectivity index (χ4v) is 4.29. The number of aryl methyl sites for hydroxylation is 1. The second kappa shape index (κ2) is 8.71. The van der Waals surface area contributed by atoms with Crippen LogP contribution in [0.3, 0.4) is 0 Å². The van der Waals surface area contributed by atoms with Crippen molar-refractivity contribution in [2.75, 3.05) is 18.4 Å². The molecule has 2 aromatic carbocycles. The Morgan fingerprint density at radius 2 is 1.87 bits per heavy atom. The number of aliphatic carboxylic acids is 1. The Morgan fingerprint density at radius 1 is 1.10 bits per heavy atom. The lowest BCUT2D eigenvalue weighted by molar-refractivity contribution is -0.143. The summed E-state index contributed by atoms with van der Waals surface area (Å²) >= 11 is 0. The Hall–Kier alpha value is -3.12. The molecule has 0 unspecified atom stereocenters. The van der Waals surface area contributed by atoms with Crippen molar-refractivity contribution in [2.24, 2.45) is 13.0 Å². The second-order valence-corrected chi connectivity index (χ2v) is 8.10. The summed E-state index contributed by atoms with van der Waals surface area (Å²) in [5, 5.41) is 13.3. The molecule has 6 heteroatoms. The average Bonchev–Trinajstić information content (AvgIpc) is 3.04. The summed E-state index contributed by atoms with van der Waals surface area (Å²) in [5.74, 6) is -0.947. The van der Waals surface area contributed by atoms with Crippen LogP contribution in [0.25, 0.3) is 10.9 Å². The van der Waals surface area contributed by atoms with E-state index in [0.29, 0.717) is 19.3 Å². The first kappa shape index (κ1) is 20.2. The van der Waals surface area contributed by atoms with E-state index >= 15 is 0 Å². The number of rotatable bonds is 6. The number of nitrogens with one attached hydrogen (secondary N) is 1. The summed E-state index contributed by atoms with van der Waals surface area (Å²) < 4.78 is 2.05. The zero-order valence-corrected chi connectivity index (χ0v) is 17.2. The number of carbonyl (C=O) groups is 2. The van der Waals surface area contributed by atoms with Gasteiger partial charge in [0.1, 0.15) is 0 Å². The summed E-state index contributed by atoms with van der Waals surface area (Å²) in [6, 6.07) is 16.0. The van der Waals surface area contributed by atoms with Crippen molar-refractivity contribution in [2.45, 2.75) is 25.8 Å². The molecule has 0 spiro atoms. The number of benzene rings is 2. The number of hydrogen-bond acceptors (Lipinski definition) is 3. The largest absolute Gasteiger partial charge is 0.481 e. The Bertz CT molecular complexity index is 1060. The molecule has 1 saturated heterocycles. The summed E-state index contributed by atoms with van der Waals surface area (Å²) in [6.45, 7) is 2.34. The van der Waals surface area contributed by atoms with Gasteiger partial charge in [0.15, 0.2) is 0 Å². The molecular formula is C24H27N3O3. The van der Waals surface area contributed by atoms with Gasteiger partial charge < -0.3 is 15.0 Å². The summed E-state index contributed by atoms with van der Waals surface area (Å²) in [5.41, 5.74) is 4.04. The van der Waals surface area contributed by atoms with Gasteiger partial charge in [0.25, 0.3) is 0 Å². The van der Waals surface area contributed by atoms with Gasteiger partial charge >= 0.3 is 5.97 Å². The Balaban J connectivity index is 1.37. The molecule has 0 saturated carbocycles. The molecule has 0 atom stereocenters. The van der Waals surface area contributed by atoms with Gasteiger partial charge in [0.05, 0.1) is 12.3 Å². The van der Waals surface area contributed by atoms with Gasteiger partial charge in [-0.15, -0.1) is 0 Å². The summed E-state index contributed by atoms with van der Waals surface area (Å²) in [4.78, 5) is 26.0. The van der Waals surface area contributed by atoms with Crippen molar-refractivity contribution in [1.82, 2.24) is 9.47 Å². The van der Waals surface area contributed by atoms with Crippen LogP contribution in [0.4, 0.5) is 5.69 Å². The van der Waals surface area contributed by atoms with Crippen LogP contribution < -0.4 is 5.32 Å². The lowest BCUT2D eigenvalue weighted by atomic mass is 9.97. The molecule has 0 radical (unpaired) electrons. The third-order valence-corrected chi connectivity index (χ3v) is 5.88. The predicted octanol–water partition coefficient (Wildman–Crippen LogP) is 3.66. The number of likely N-dealkylation sites (tertiary alicyclic amines) is 1. The Kier molecular flexibility index (Phi) is 5.86. The van der Waals surface area contributed by atoms with E-state index in [1.807, 2.05) is 60.3 Å². The molecule has 30 heavy (non-hydrogen) atoms. The molecule has 1 aliphatic heterocycles. The van der Waals surface area contributed by atoms with Gasteiger partial charge in [-0.25, -0.2) is 0 Å². The highest BCUT2D eigenvalue weighted by atomic mass is 16.4. The molecule has 3 aromatic rings. The van der Waals surface area contributed by atoms with E-state index in [9.17, 15) is 9.59 Å². The van der Waals surface area contributed by atoms with Crippen molar-refractivity contribution in [3.8, 4) is 0 Å². The molecule has 2 heterocycles. The van der Waals surface area contributed by atoms with Gasteiger partial charge in [0, 0.05) is 36.4 Å². The number of hydrogen-bond donors (Lipinski definition) is 2. The smallest absolute Gasteiger partial charge is 0.306 e. The van der Waals surface area contributed by atoms with E-state index in [1.54, 1.807) is 0 Å².